The van der Waals surface area contributed by atoms with Crippen molar-refractivity contribution in [3.8, 4) is 11.5 Å². The van der Waals surface area contributed by atoms with E-state index in [0.29, 0.717) is 24.7 Å². The zero-order valence-corrected chi connectivity index (χ0v) is 17.4. The molecule has 0 aromatic heterocycles. The molecule has 4 rings (SSSR count). The molecule has 1 saturated heterocycles. The molecule has 3 aliphatic rings. The molecule has 1 aromatic carbocycles. The van der Waals surface area contributed by atoms with E-state index in [1.807, 2.05) is 26.0 Å². The Morgan fingerprint density at radius 1 is 1.11 bits per heavy atom. The minimum absolute atomic E-state index is 0.177. The van der Waals surface area contributed by atoms with Gasteiger partial charge in [-0.3, -0.25) is 9.59 Å². The molecule has 1 aromatic rings. The van der Waals surface area contributed by atoms with Crippen LogP contribution < -0.4 is 9.47 Å². The predicted octanol–water partition coefficient (Wildman–Crippen LogP) is 3.23. The van der Waals surface area contributed by atoms with Crippen LogP contribution in [-0.2, 0) is 9.59 Å². The summed E-state index contributed by atoms with van der Waals surface area (Å²) in [7, 11) is 0. The Bertz CT molecular complexity index is 821. The summed E-state index contributed by atoms with van der Waals surface area (Å²) in [6, 6.07) is 3.71. The Kier molecular flexibility index (Phi) is 4.96. The van der Waals surface area contributed by atoms with Crippen LogP contribution >= 0.6 is 22.6 Å². The minimum atomic E-state index is -0.232. The Hall–Kier alpha value is -1.90. The summed E-state index contributed by atoms with van der Waals surface area (Å²) in [6.45, 7) is 4.88. The molecule has 7 heteroatoms. The fraction of sp³-hybridized carbons (Fsp3) is 0.450. The molecule has 0 spiro atoms. The maximum atomic E-state index is 12.7. The number of carbonyl (C=O) groups is 2. The molecule has 142 valence electrons. The van der Waals surface area contributed by atoms with Crippen molar-refractivity contribution in [2.75, 3.05) is 13.2 Å². The van der Waals surface area contributed by atoms with Crippen LogP contribution in [0.2, 0.25) is 0 Å². The third-order valence-corrected chi connectivity index (χ3v) is 6.19. The van der Waals surface area contributed by atoms with Crippen molar-refractivity contribution in [1.29, 1.82) is 0 Å². The van der Waals surface area contributed by atoms with Crippen molar-refractivity contribution >= 4 is 40.6 Å². The highest BCUT2D eigenvalue weighted by atomic mass is 127. The molecule has 2 amide bonds. The number of hydrogen-bond acceptors (Lipinski definition) is 5. The summed E-state index contributed by atoms with van der Waals surface area (Å²) >= 11 is 2.18. The van der Waals surface area contributed by atoms with Gasteiger partial charge in [0.1, 0.15) is 0 Å². The van der Waals surface area contributed by atoms with Gasteiger partial charge in [-0.2, -0.15) is 10.1 Å². The lowest BCUT2D eigenvalue weighted by atomic mass is 9.85. The number of amides is 2. The van der Waals surface area contributed by atoms with Gasteiger partial charge in [-0.05, 0) is 72.4 Å². The van der Waals surface area contributed by atoms with Gasteiger partial charge in [-0.25, -0.2) is 0 Å². The highest BCUT2D eigenvalue weighted by molar-refractivity contribution is 14.1. The van der Waals surface area contributed by atoms with E-state index in [9.17, 15) is 9.59 Å². The molecule has 4 atom stereocenters. The average molecular weight is 480 g/mol. The van der Waals surface area contributed by atoms with Gasteiger partial charge in [0, 0.05) is 0 Å². The normalized spacial score (nSPS) is 28.5. The molecule has 0 radical (unpaired) electrons. The second-order valence-corrected chi connectivity index (χ2v) is 8.09. The third kappa shape index (κ3) is 3.05. The van der Waals surface area contributed by atoms with Gasteiger partial charge in [-0.1, -0.05) is 12.2 Å². The van der Waals surface area contributed by atoms with E-state index in [-0.39, 0.29) is 35.5 Å². The summed E-state index contributed by atoms with van der Waals surface area (Å²) in [5.74, 6) is 0.884. The molecule has 0 N–H and O–H groups in total. The van der Waals surface area contributed by atoms with Crippen molar-refractivity contribution < 1.29 is 19.1 Å². The number of ether oxygens (including phenoxy) is 2. The first-order chi connectivity index (χ1) is 13.0. The summed E-state index contributed by atoms with van der Waals surface area (Å²) in [4.78, 5) is 25.4. The van der Waals surface area contributed by atoms with Crippen molar-refractivity contribution in [2.24, 2.45) is 28.8 Å². The number of carbonyl (C=O) groups excluding carboxylic acids is 2. The Morgan fingerprint density at radius 2 is 1.74 bits per heavy atom. The van der Waals surface area contributed by atoms with E-state index < -0.39 is 0 Å². The number of imide groups is 1. The molecule has 2 fully saturated rings. The van der Waals surface area contributed by atoms with Crippen molar-refractivity contribution in [2.45, 2.75) is 20.3 Å². The SMILES string of the molecule is CCOc1cc(/C=N\N2C(=O)[C@@H]3[C@@H](C2=O)[C@H]2C=C[C@H]3C2)cc(I)c1OCC. The quantitative estimate of drug-likeness (QED) is 0.272. The van der Waals surface area contributed by atoms with Crippen LogP contribution in [0.25, 0.3) is 0 Å². The lowest BCUT2D eigenvalue weighted by molar-refractivity contribution is -0.140. The lowest BCUT2D eigenvalue weighted by Crippen LogP contribution is -2.28. The minimum Gasteiger partial charge on any atom is -0.490 e. The summed E-state index contributed by atoms with van der Waals surface area (Å²) < 4.78 is 12.2. The molecule has 0 unspecified atom stereocenters. The van der Waals surface area contributed by atoms with E-state index in [1.54, 1.807) is 6.21 Å². The Balaban J connectivity index is 1.58. The molecular weight excluding hydrogens is 459 g/mol. The van der Waals surface area contributed by atoms with Crippen LogP contribution in [0.15, 0.2) is 29.4 Å². The number of benzene rings is 1. The van der Waals surface area contributed by atoms with Gasteiger partial charge in [-0.15, -0.1) is 0 Å². The van der Waals surface area contributed by atoms with Crippen molar-refractivity contribution in [1.82, 2.24) is 5.01 Å². The van der Waals surface area contributed by atoms with Crippen LogP contribution in [0.4, 0.5) is 0 Å². The molecule has 2 aliphatic carbocycles. The van der Waals surface area contributed by atoms with Gasteiger partial charge in [0.25, 0.3) is 11.8 Å². The number of hydrazone groups is 1. The van der Waals surface area contributed by atoms with E-state index in [1.165, 1.54) is 0 Å². The molecule has 1 heterocycles. The molecule has 27 heavy (non-hydrogen) atoms. The maximum Gasteiger partial charge on any atom is 0.254 e. The fourth-order valence-electron chi connectivity index (χ4n) is 4.33. The van der Waals surface area contributed by atoms with Crippen molar-refractivity contribution in [3.63, 3.8) is 0 Å². The Morgan fingerprint density at radius 3 is 2.33 bits per heavy atom. The van der Waals surface area contributed by atoms with E-state index in [2.05, 4.69) is 39.8 Å². The number of nitrogens with zero attached hydrogens (tertiary/aromatic N) is 2. The first-order valence-electron chi connectivity index (χ1n) is 9.24. The third-order valence-electron chi connectivity index (χ3n) is 5.39. The monoisotopic (exact) mass is 480 g/mol. The average Bonchev–Trinajstić information content (AvgIpc) is 3.31. The lowest BCUT2D eigenvalue weighted by Gasteiger charge is -2.14. The molecule has 2 bridgehead atoms. The molecule has 1 aliphatic heterocycles. The standard InChI is InChI=1S/C20H21IN2O4/c1-3-26-15-8-11(7-14(21)18(15)27-4-2)10-22-23-19(24)16-12-5-6-13(9-12)17(16)20(23)25/h5-8,10,12-13,16-17H,3-4,9H2,1-2H3/b22-10-/t12-,13-,16-,17-/m0/s1. The van der Waals surface area contributed by atoms with Gasteiger partial charge >= 0.3 is 0 Å². The zero-order chi connectivity index (χ0) is 19.1. The smallest absolute Gasteiger partial charge is 0.254 e. The number of hydrogen-bond donors (Lipinski definition) is 0. The topological polar surface area (TPSA) is 68.2 Å². The highest BCUT2D eigenvalue weighted by Crippen LogP contribution is 2.52. The first kappa shape index (κ1) is 18.5. The summed E-state index contributed by atoms with van der Waals surface area (Å²) in [6.07, 6.45) is 6.62. The molecular formula is C20H21IN2O4. The zero-order valence-electron chi connectivity index (χ0n) is 15.2. The number of fused-ring (bicyclic) bond motifs is 5. The second kappa shape index (κ2) is 7.26. The van der Waals surface area contributed by atoms with E-state index in [0.717, 1.165) is 20.6 Å². The number of rotatable bonds is 6. The first-order valence-corrected chi connectivity index (χ1v) is 10.3. The van der Waals surface area contributed by atoms with Crippen molar-refractivity contribution in [3.05, 3.63) is 33.4 Å². The second-order valence-electron chi connectivity index (χ2n) is 6.93. The van der Waals surface area contributed by atoms with Crippen LogP contribution in [0.3, 0.4) is 0 Å². The molecule has 6 nitrogen and oxygen atoms in total. The largest absolute Gasteiger partial charge is 0.490 e. The predicted molar refractivity (Wildman–Crippen MR) is 109 cm³/mol. The maximum absolute atomic E-state index is 12.7. The van der Waals surface area contributed by atoms with E-state index >= 15 is 0 Å². The van der Waals surface area contributed by atoms with Crippen LogP contribution in [0.5, 0.6) is 11.5 Å². The van der Waals surface area contributed by atoms with Gasteiger partial charge in [0.15, 0.2) is 11.5 Å². The number of allylic oxidation sites excluding steroid dienone is 2. The van der Waals surface area contributed by atoms with Crippen LogP contribution in [0.1, 0.15) is 25.8 Å². The summed E-state index contributed by atoms with van der Waals surface area (Å²) in [5, 5.41) is 5.30. The summed E-state index contributed by atoms with van der Waals surface area (Å²) in [5.41, 5.74) is 0.755. The van der Waals surface area contributed by atoms with Gasteiger partial charge in [0.05, 0.1) is 34.8 Å². The fourth-order valence-corrected chi connectivity index (χ4v) is 5.12. The van der Waals surface area contributed by atoms with E-state index in [4.69, 9.17) is 9.47 Å². The van der Waals surface area contributed by atoms with Gasteiger partial charge in [0.2, 0.25) is 0 Å². The number of halogens is 1. The van der Waals surface area contributed by atoms with Gasteiger partial charge < -0.3 is 9.47 Å². The molecule has 1 saturated carbocycles. The van der Waals surface area contributed by atoms with Crippen LogP contribution in [-0.4, -0.2) is 36.3 Å². The highest BCUT2D eigenvalue weighted by Gasteiger charge is 2.59. The van der Waals surface area contributed by atoms with Crippen LogP contribution in [0, 0.1) is 27.2 Å². The Labute approximate surface area is 171 Å².